The standard InChI is InChI=1S/C25H27FN6O.ClH/c1-18-9-10-19(2)23(16-18)30-11-13-31(14-12-30)24(21-7-3-4-8-22(21)26)25-27-28-29-32(25)17-20-6-5-15-33-20;/h3-10,15-16,24H,11-14,17H2,1-2H3;1H. The maximum atomic E-state index is 15.0. The van der Waals surface area contributed by atoms with Crippen LogP contribution in [0, 0.1) is 19.7 Å². The lowest BCUT2D eigenvalue weighted by molar-refractivity contribution is 0.197. The van der Waals surface area contributed by atoms with Gasteiger partial charge in [-0.15, -0.1) is 17.5 Å². The van der Waals surface area contributed by atoms with Crippen LogP contribution >= 0.6 is 12.4 Å². The van der Waals surface area contributed by atoms with Crippen LogP contribution in [0.25, 0.3) is 0 Å². The van der Waals surface area contributed by atoms with Crippen LogP contribution in [-0.4, -0.2) is 51.3 Å². The predicted molar refractivity (Wildman–Crippen MR) is 131 cm³/mol. The molecule has 7 nitrogen and oxygen atoms in total. The second kappa shape index (κ2) is 10.4. The first-order valence-corrected chi connectivity index (χ1v) is 11.2. The van der Waals surface area contributed by atoms with Crippen molar-refractivity contribution >= 4 is 18.1 Å². The first-order valence-electron chi connectivity index (χ1n) is 11.2. The molecule has 1 unspecified atom stereocenters. The van der Waals surface area contributed by atoms with Gasteiger partial charge >= 0.3 is 0 Å². The highest BCUT2D eigenvalue weighted by atomic mass is 35.5. The number of anilines is 1. The Kier molecular flexibility index (Phi) is 7.29. The lowest BCUT2D eigenvalue weighted by Gasteiger charge is -2.40. The number of aromatic nitrogens is 4. The molecule has 1 fully saturated rings. The van der Waals surface area contributed by atoms with Gasteiger partial charge in [-0.2, -0.15) is 0 Å². The smallest absolute Gasteiger partial charge is 0.173 e. The molecule has 0 radical (unpaired) electrons. The van der Waals surface area contributed by atoms with E-state index in [9.17, 15) is 0 Å². The number of tetrazole rings is 1. The summed E-state index contributed by atoms with van der Waals surface area (Å²) in [6.07, 6.45) is 1.63. The molecular weight excluding hydrogens is 455 g/mol. The van der Waals surface area contributed by atoms with E-state index in [2.05, 4.69) is 57.4 Å². The second-order valence-electron chi connectivity index (χ2n) is 8.51. The summed E-state index contributed by atoms with van der Waals surface area (Å²) >= 11 is 0. The molecule has 0 spiro atoms. The third kappa shape index (κ3) is 4.83. The Labute approximate surface area is 204 Å². The molecule has 2 aromatic heterocycles. The minimum Gasteiger partial charge on any atom is -0.467 e. The van der Waals surface area contributed by atoms with E-state index in [4.69, 9.17) is 4.42 Å². The summed E-state index contributed by atoms with van der Waals surface area (Å²) in [7, 11) is 0. The third-order valence-corrected chi connectivity index (χ3v) is 6.27. The number of hydrogen-bond acceptors (Lipinski definition) is 6. The number of piperazine rings is 1. The number of nitrogens with zero attached hydrogens (tertiary/aromatic N) is 6. The van der Waals surface area contributed by atoms with Crippen molar-refractivity contribution in [3.63, 3.8) is 0 Å². The first-order chi connectivity index (χ1) is 16.1. The predicted octanol–water partition coefficient (Wildman–Crippen LogP) is 4.40. The van der Waals surface area contributed by atoms with Crippen LogP contribution in [0.15, 0.2) is 65.3 Å². The third-order valence-electron chi connectivity index (χ3n) is 6.27. The summed E-state index contributed by atoms with van der Waals surface area (Å²) in [5, 5.41) is 12.4. The van der Waals surface area contributed by atoms with Crippen LogP contribution in [0.1, 0.15) is 34.3 Å². The summed E-state index contributed by atoms with van der Waals surface area (Å²) in [6, 6.07) is 16.8. The molecule has 34 heavy (non-hydrogen) atoms. The van der Waals surface area contributed by atoms with Gasteiger partial charge < -0.3 is 9.32 Å². The molecule has 0 N–H and O–H groups in total. The fourth-order valence-corrected chi connectivity index (χ4v) is 4.55. The zero-order valence-electron chi connectivity index (χ0n) is 19.3. The summed E-state index contributed by atoms with van der Waals surface area (Å²) < 4.78 is 22.2. The van der Waals surface area contributed by atoms with Crippen molar-refractivity contribution in [2.24, 2.45) is 0 Å². The summed E-state index contributed by atoms with van der Waals surface area (Å²) in [4.78, 5) is 4.67. The van der Waals surface area contributed by atoms with E-state index in [-0.39, 0.29) is 18.2 Å². The highest BCUT2D eigenvalue weighted by Crippen LogP contribution is 2.31. The highest BCUT2D eigenvalue weighted by molar-refractivity contribution is 5.85. The Bertz CT molecular complexity index is 1220. The molecule has 2 aromatic carbocycles. The zero-order chi connectivity index (χ0) is 22.8. The molecule has 1 aliphatic rings. The van der Waals surface area contributed by atoms with Crippen molar-refractivity contribution in [1.82, 2.24) is 25.1 Å². The maximum absolute atomic E-state index is 15.0. The van der Waals surface area contributed by atoms with E-state index in [0.29, 0.717) is 17.9 Å². The summed E-state index contributed by atoms with van der Waals surface area (Å²) in [5.41, 5.74) is 4.36. The van der Waals surface area contributed by atoms with E-state index in [1.165, 1.54) is 22.9 Å². The van der Waals surface area contributed by atoms with E-state index in [0.717, 1.165) is 31.9 Å². The Morgan fingerprint density at radius 1 is 1.00 bits per heavy atom. The normalized spacial score (nSPS) is 15.2. The van der Waals surface area contributed by atoms with Gasteiger partial charge in [0.05, 0.1) is 6.26 Å². The average molecular weight is 483 g/mol. The zero-order valence-corrected chi connectivity index (χ0v) is 20.1. The van der Waals surface area contributed by atoms with Crippen LogP contribution in [0.3, 0.4) is 0 Å². The molecule has 1 saturated heterocycles. The quantitative estimate of drug-likeness (QED) is 0.406. The average Bonchev–Trinajstić information content (AvgIpc) is 3.50. The van der Waals surface area contributed by atoms with Gasteiger partial charge in [-0.05, 0) is 59.7 Å². The van der Waals surface area contributed by atoms with Gasteiger partial charge in [0.1, 0.15) is 24.2 Å². The van der Waals surface area contributed by atoms with Crippen LogP contribution in [0.4, 0.5) is 10.1 Å². The number of rotatable bonds is 6. The molecule has 0 amide bonds. The molecule has 4 aromatic rings. The minimum atomic E-state index is -0.392. The number of benzene rings is 2. The Morgan fingerprint density at radius 3 is 2.53 bits per heavy atom. The molecular formula is C25H28ClFN6O. The molecule has 1 aliphatic heterocycles. The fourth-order valence-electron chi connectivity index (χ4n) is 4.55. The van der Waals surface area contributed by atoms with Crippen LogP contribution < -0.4 is 4.90 Å². The van der Waals surface area contributed by atoms with Gasteiger partial charge in [-0.25, -0.2) is 9.07 Å². The molecule has 1 atom stereocenters. The van der Waals surface area contributed by atoms with Crippen molar-refractivity contribution in [3.05, 3.63) is 95.0 Å². The van der Waals surface area contributed by atoms with Gasteiger partial charge in [0.15, 0.2) is 5.82 Å². The van der Waals surface area contributed by atoms with E-state index in [1.54, 1.807) is 17.0 Å². The number of furan rings is 1. The van der Waals surface area contributed by atoms with E-state index < -0.39 is 6.04 Å². The molecule has 3 heterocycles. The molecule has 0 bridgehead atoms. The SMILES string of the molecule is Cc1ccc(C)c(N2CCN(C(c3ccccc3F)c3nnnn3Cc3ccco3)CC2)c1.Cl. The highest BCUT2D eigenvalue weighted by Gasteiger charge is 2.32. The van der Waals surface area contributed by atoms with Gasteiger partial charge in [0, 0.05) is 37.4 Å². The Morgan fingerprint density at radius 2 is 1.79 bits per heavy atom. The van der Waals surface area contributed by atoms with Crippen LogP contribution in [0.5, 0.6) is 0 Å². The molecule has 178 valence electrons. The maximum Gasteiger partial charge on any atom is 0.173 e. The second-order valence-corrected chi connectivity index (χ2v) is 8.51. The van der Waals surface area contributed by atoms with Crippen molar-refractivity contribution in [1.29, 1.82) is 0 Å². The lowest BCUT2D eigenvalue weighted by Crippen LogP contribution is -2.48. The number of halogens is 2. The van der Waals surface area contributed by atoms with Gasteiger partial charge in [-0.1, -0.05) is 30.3 Å². The molecule has 5 rings (SSSR count). The van der Waals surface area contributed by atoms with Crippen molar-refractivity contribution in [2.75, 3.05) is 31.1 Å². The molecule has 0 saturated carbocycles. The van der Waals surface area contributed by atoms with Crippen LogP contribution in [0.2, 0.25) is 0 Å². The number of hydrogen-bond donors (Lipinski definition) is 0. The Hall–Kier alpha value is -3.23. The lowest BCUT2D eigenvalue weighted by atomic mass is 10.0. The van der Waals surface area contributed by atoms with Crippen molar-refractivity contribution in [2.45, 2.75) is 26.4 Å². The van der Waals surface area contributed by atoms with Gasteiger partial charge in [0.25, 0.3) is 0 Å². The van der Waals surface area contributed by atoms with Crippen molar-refractivity contribution < 1.29 is 8.81 Å². The fraction of sp³-hybridized carbons (Fsp3) is 0.320. The number of aryl methyl sites for hydroxylation is 2. The van der Waals surface area contributed by atoms with Crippen molar-refractivity contribution in [3.8, 4) is 0 Å². The van der Waals surface area contributed by atoms with Gasteiger partial charge in [0.2, 0.25) is 0 Å². The first kappa shape index (κ1) is 23.9. The monoisotopic (exact) mass is 482 g/mol. The van der Waals surface area contributed by atoms with Gasteiger partial charge in [-0.3, -0.25) is 4.90 Å². The minimum absolute atomic E-state index is 0. The molecule has 0 aliphatic carbocycles. The van der Waals surface area contributed by atoms with E-state index >= 15 is 4.39 Å². The molecule has 9 heteroatoms. The van der Waals surface area contributed by atoms with Crippen LogP contribution in [-0.2, 0) is 6.54 Å². The Balaban J connectivity index is 0.00000274. The summed E-state index contributed by atoms with van der Waals surface area (Å²) in [6.45, 7) is 7.87. The summed E-state index contributed by atoms with van der Waals surface area (Å²) in [5.74, 6) is 1.10. The largest absolute Gasteiger partial charge is 0.467 e. The van der Waals surface area contributed by atoms with E-state index in [1.807, 2.05) is 24.3 Å². The topological polar surface area (TPSA) is 63.2 Å².